The Balaban J connectivity index is 1.52. The van der Waals surface area contributed by atoms with Gasteiger partial charge in [-0.3, -0.25) is 9.36 Å². The molecule has 9 heteroatoms. The SMILES string of the molecule is CCOC(=O)c1sc(NC(=O)CCn2c(=O)oc3ccccc32)nc1-c1ccccc1. The first-order chi connectivity index (χ1) is 15.1. The number of rotatable bonds is 7. The summed E-state index contributed by atoms with van der Waals surface area (Å²) in [6.07, 6.45) is 0.0401. The number of aryl methyl sites for hydroxylation is 1. The fourth-order valence-electron chi connectivity index (χ4n) is 3.12. The lowest BCUT2D eigenvalue weighted by Gasteiger charge is -2.03. The van der Waals surface area contributed by atoms with Gasteiger partial charge in [-0.15, -0.1) is 0 Å². The molecule has 0 saturated heterocycles. The Bertz CT molecular complexity index is 1290. The first-order valence-electron chi connectivity index (χ1n) is 9.68. The molecule has 4 aromatic rings. The second-order valence-electron chi connectivity index (χ2n) is 6.57. The molecule has 31 heavy (non-hydrogen) atoms. The minimum Gasteiger partial charge on any atom is -0.462 e. The van der Waals surface area contributed by atoms with Gasteiger partial charge in [0.05, 0.1) is 17.8 Å². The number of esters is 1. The van der Waals surface area contributed by atoms with E-state index in [9.17, 15) is 14.4 Å². The van der Waals surface area contributed by atoms with E-state index in [1.807, 2.05) is 30.3 Å². The van der Waals surface area contributed by atoms with Crippen LogP contribution in [0, 0.1) is 0 Å². The number of anilines is 1. The average Bonchev–Trinajstić information content (AvgIpc) is 3.33. The van der Waals surface area contributed by atoms with Crippen LogP contribution in [0.15, 0.2) is 63.8 Å². The third kappa shape index (κ3) is 4.41. The number of carbonyl (C=O) groups is 2. The van der Waals surface area contributed by atoms with Gasteiger partial charge in [0.2, 0.25) is 5.91 Å². The van der Waals surface area contributed by atoms with Crippen molar-refractivity contribution in [2.24, 2.45) is 0 Å². The van der Waals surface area contributed by atoms with E-state index in [-0.39, 0.29) is 30.6 Å². The summed E-state index contributed by atoms with van der Waals surface area (Å²) in [7, 11) is 0. The van der Waals surface area contributed by atoms with Gasteiger partial charge >= 0.3 is 11.7 Å². The summed E-state index contributed by atoms with van der Waals surface area (Å²) in [6.45, 7) is 2.12. The Morgan fingerprint density at radius 2 is 1.87 bits per heavy atom. The summed E-state index contributed by atoms with van der Waals surface area (Å²) < 4.78 is 11.7. The number of carbonyl (C=O) groups excluding carboxylic acids is 2. The molecule has 2 aromatic carbocycles. The quantitative estimate of drug-likeness (QED) is 0.440. The van der Waals surface area contributed by atoms with Crippen LogP contribution in [0.1, 0.15) is 23.0 Å². The van der Waals surface area contributed by atoms with Crippen LogP contribution in [0.4, 0.5) is 5.13 Å². The first-order valence-corrected chi connectivity index (χ1v) is 10.5. The average molecular weight is 437 g/mol. The van der Waals surface area contributed by atoms with Crippen molar-refractivity contribution < 1.29 is 18.7 Å². The van der Waals surface area contributed by atoms with Crippen LogP contribution in [0.5, 0.6) is 0 Å². The monoisotopic (exact) mass is 437 g/mol. The summed E-state index contributed by atoms with van der Waals surface area (Å²) in [5, 5.41) is 3.00. The number of thiazole rings is 1. The van der Waals surface area contributed by atoms with E-state index in [2.05, 4.69) is 10.3 Å². The van der Waals surface area contributed by atoms with Gasteiger partial charge in [-0.05, 0) is 19.1 Å². The van der Waals surface area contributed by atoms with E-state index in [0.29, 0.717) is 21.7 Å². The van der Waals surface area contributed by atoms with Crippen molar-refractivity contribution in [1.82, 2.24) is 9.55 Å². The van der Waals surface area contributed by atoms with Gasteiger partial charge in [0.1, 0.15) is 4.88 Å². The molecule has 0 atom stereocenters. The van der Waals surface area contributed by atoms with Crippen molar-refractivity contribution in [3.8, 4) is 11.3 Å². The number of amides is 1. The van der Waals surface area contributed by atoms with Gasteiger partial charge in [-0.25, -0.2) is 14.6 Å². The predicted octanol–water partition coefficient (Wildman–Crippen LogP) is 3.92. The molecule has 0 spiro atoms. The van der Waals surface area contributed by atoms with Gasteiger partial charge < -0.3 is 14.5 Å². The molecule has 0 radical (unpaired) electrons. The van der Waals surface area contributed by atoms with E-state index < -0.39 is 11.7 Å². The fourth-order valence-corrected chi connectivity index (χ4v) is 4.02. The molecule has 1 N–H and O–H groups in total. The Morgan fingerprint density at radius 1 is 1.13 bits per heavy atom. The van der Waals surface area contributed by atoms with Gasteiger partial charge in [0, 0.05) is 18.5 Å². The van der Waals surface area contributed by atoms with Crippen LogP contribution in [0.2, 0.25) is 0 Å². The van der Waals surface area contributed by atoms with Crippen molar-refractivity contribution in [2.75, 3.05) is 11.9 Å². The van der Waals surface area contributed by atoms with E-state index >= 15 is 0 Å². The molecule has 0 unspecified atom stereocenters. The largest absolute Gasteiger partial charge is 0.462 e. The summed E-state index contributed by atoms with van der Waals surface area (Å²) in [6, 6.07) is 16.2. The third-order valence-corrected chi connectivity index (χ3v) is 5.47. The van der Waals surface area contributed by atoms with Crippen LogP contribution in [-0.4, -0.2) is 28.0 Å². The van der Waals surface area contributed by atoms with Crippen LogP contribution in [-0.2, 0) is 16.1 Å². The maximum Gasteiger partial charge on any atom is 0.419 e. The maximum absolute atomic E-state index is 12.5. The maximum atomic E-state index is 12.5. The van der Waals surface area contributed by atoms with Crippen molar-refractivity contribution in [3.63, 3.8) is 0 Å². The number of hydrogen-bond donors (Lipinski definition) is 1. The van der Waals surface area contributed by atoms with E-state index in [0.717, 1.165) is 16.9 Å². The molecule has 0 aliphatic rings. The number of hydrogen-bond acceptors (Lipinski definition) is 7. The van der Waals surface area contributed by atoms with E-state index in [1.165, 1.54) is 4.57 Å². The van der Waals surface area contributed by atoms with Crippen molar-refractivity contribution in [2.45, 2.75) is 19.9 Å². The zero-order valence-corrected chi connectivity index (χ0v) is 17.5. The molecule has 8 nitrogen and oxygen atoms in total. The van der Waals surface area contributed by atoms with Crippen LogP contribution >= 0.6 is 11.3 Å². The normalized spacial score (nSPS) is 10.9. The zero-order valence-electron chi connectivity index (χ0n) is 16.7. The Labute approximate surface area is 181 Å². The fraction of sp³-hybridized carbons (Fsp3) is 0.182. The molecule has 4 rings (SSSR count). The third-order valence-electron chi connectivity index (χ3n) is 4.52. The van der Waals surface area contributed by atoms with Crippen molar-refractivity contribution in [3.05, 3.63) is 70.0 Å². The second kappa shape index (κ2) is 8.97. The number of aromatic nitrogens is 2. The number of nitrogens with one attached hydrogen (secondary N) is 1. The number of para-hydroxylation sites is 2. The number of nitrogens with zero attached hydrogens (tertiary/aromatic N) is 2. The highest BCUT2D eigenvalue weighted by molar-refractivity contribution is 7.18. The number of oxazole rings is 1. The number of fused-ring (bicyclic) bond motifs is 1. The smallest absolute Gasteiger partial charge is 0.419 e. The molecule has 2 aromatic heterocycles. The van der Waals surface area contributed by atoms with Crippen LogP contribution in [0.25, 0.3) is 22.4 Å². The van der Waals surface area contributed by atoms with Gasteiger partial charge in [-0.1, -0.05) is 53.8 Å². The predicted molar refractivity (Wildman–Crippen MR) is 117 cm³/mol. The molecule has 158 valence electrons. The lowest BCUT2D eigenvalue weighted by Crippen LogP contribution is -2.19. The summed E-state index contributed by atoms with van der Waals surface area (Å²) in [5.74, 6) is -1.34. The van der Waals surface area contributed by atoms with Crippen molar-refractivity contribution >= 4 is 39.4 Å². The zero-order chi connectivity index (χ0) is 21.8. The molecule has 1 amide bonds. The lowest BCUT2D eigenvalue weighted by atomic mass is 10.1. The minimum atomic E-state index is -0.515. The molecule has 2 heterocycles. The lowest BCUT2D eigenvalue weighted by molar-refractivity contribution is -0.116. The molecular formula is C22H19N3O5S. The number of ether oxygens (including phenoxy) is 1. The second-order valence-corrected chi connectivity index (χ2v) is 7.57. The van der Waals surface area contributed by atoms with E-state index in [4.69, 9.17) is 9.15 Å². The summed E-state index contributed by atoms with van der Waals surface area (Å²) in [5.41, 5.74) is 2.31. The molecular weight excluding hydrogens is 418 g/mol. The highest BCUT2D eigenvalue weighted by atomic mass is 32.1. The Morgan fingerprint density at radius 3 is 2.65 bits per heavy atom. The van der Waals surface area contributed by atoms with Gasteiger partial charge in [0.25, 0.3) is 0 Å². The van der Waals surface area contributed by atoms with Gasteiger partial charge in [-0.2, -0.15) is 0 Å². The van der Waals surface area contributed by atoms with Crippen molar-refractivity contribution in [1.29, 1.82) is 0 Å². The summed E-state index contributed by atoms with van der Waals surface area (Å²) >= 11 is 1.06. The molecule has 0 aliphatic heterocycles. The number of benzene rings is 2. The molecule has 0 aliphatic carbocycles. The molecule has 0 bridgehead atoms. The van der Waals surface area contributed by atoms with Crippen LogP contribution < -0.4 is 11.1 Å². The Kier molecular flexibility index (Phi) is 5.94. The van der Waals surface area contributed by atoms with E-state index in [1.54, 1.807) is 31.2 Å². The first kappa shape index (κ1) is 20.5. The van der Waals surface area contributed by atoms with Crippen LogP contribution in [0.3, 0.4) is 0 Å². The minimum absolute atomic E-state index is 0.0401. The molecule has 0 saturated carbocycles. The van der Waals surface area contributed by atoms with Gasteiger partial charge in [0.15, 0.2) is 10.7 Å². The molecule has 0 fully saturated rings. The Hall–Kier alpha value is -3.72. The standard InChI is InChI=1S/C22H19N3O5S/c1-2-29-20(27)19-18(14-8-4-3-5-9-14)24-21(31-19)23-17(26)12-13-25-15-10-6-7-11-16(15)30-22(25)28/h3-11H,2,12-13H2,1H3,(H,23,24,26). The summed E-state index contributed by atoms with van der Waals surface area (Å²) in [4.78, 5) is 41.7. The highest BCUT2D eigenvalue weighted by Gasteiger charge is 2.21. The topological polar surface area (TPSA) is 103 Å². The highest BCUT2D eigenvalue weighted by Crippen LogP contribution is 2.32.